The predicted molar refractivity (Wildman–Crippen MR) is 108 cm³/mol. The van der Waals surface area contributed by atoms with Crippen molar-refractivity contribution in [3.8, 4) is 0 Å². The Morgan fingerprint density at radius 1 is 1.22 bits per heavy atom. The van der Waals surface area contributed by atoms with E-state index in [-0.39, 0.29) is 30.4 Å². The van der Waals surface area contributed by atoms with Gasteiger partial charge in [-0.25, -0.2) is 4.79 Å². The highest BCUT2D eigenvalue weighted by Gasteiger charge is 2.25. The zero-order chi connectivity index (χ0) is 20.1. The molecule has 2 rings (SSSR count). The summed E-state index contributed by atoms with van der Waals surface area (Å²) in [7, 11) is 0. The topological polar surface area (TPSA) is 84.5 Å². The number of rotatable bonds is 7. The minimum Gasteiger partial charge on any atom is -0.462 e. The summed E-state index contributed by atoms with van der Waals surface area (Å²) in [6.07, 6.45) is 0. The summed E-state index contributed by atoms with van der Waals surface area (Å²) in [6.45, 7) is 6.87. The highest BCUT2D eigenvalue weighted by Crippen LogP contribution is 2.34. The molecule has 1 aromatic carbocycles. The Kier molecular flexibility index (Phi) is 6.98. The Balaban J connectivity index is 2.17. The van der Waals surface area contributed by atoms with Crippen LogP contribution in [0.15, 0.2) is 18.2 Å². The van der Waals surface area contributed by atoms with Crippen molar-refractivity contribution in [3.05, 3.63) is 44.8 Å². The van der Waals surface area contributed by atoms with Gasteiger partial charge in [0, 0.05) is 10.7 Å². The first kappa shape index (κ1) is 20.9. The fourth-order valence-electron chi connectivity index (χ4n) is 2.56. The molecule has 0 spiro atoms. The van der Waals surface area contributed by atoms with Crippen molar-refractivity contribution in [2.75, 3.05) is 23.8 Å². The third-order valence-corrected chi connectivity index (χ3v) is 5.37. The van der Waals surface area contributed by atoms with Crippen LogP contribution in [0.3, 0.4) is 0 Å². The number of carbonyl (C=O) groups is 3. The maximum Gasteiger partial charge on any atom is 0.341 e. The van der Waals surface area contributed by atoms with Crippen molar-refractivity contribution < 1.29 is 19.1 Å². The summed E-state index contributed by atoms with van der Waals surface area (Å²) in [6, 6.07) is 5.32. The molecule has 0 radical (unpaired) electrons. The van der Waals surface area contributed by atoms with Crippen LogP contribution in [-0.4, -0.2) is 30.8 Å². The van der Waals surface area contributed by atoms with Crippen molar-refractivity contribution >= 4 is 51.3 Å². The molecule has 1 aromatic heterocycles. The lowest BCUT2D eigenvalue weighted by Gasteiger charge is -2.10. The molecule has 2 aromatic rings. The van der Waals surface area contributed by atoms with E-state index in [0.29, 0.717) is 20.5 Å². The van der Waals surface area contributed by atoms with Gasteiger partial charge >= 0.3 is 5.97 Å². The van der Waals surface area contributed by atoms with Gasteiger partial charge in [0.2, 0.25) is 5.91 Å². The van der Waals surface area contributed by atoms with Gasteiger partial charge in [0.15, 0.2) is 5.78 Å². The van der Waals surface area contributed by atoms with Gasteiger partial charge in [0.1, 0.15) is 5.00 Å². The van der Waals surface area contributed by atoms with Crippen LogP contribution >= 0.6 is 22.9 Å². The van der Waals surface area contributed by atoms with E-state index in [1.165, 1.54) is 6.92 Å². The molecular weight excluding hydrogens is 388 g/mol. The fraction of sp³-hybridized carbons (Fsp3) is 0.316. The Morgan fingerprint density at radius 2 is 1.93 bits per heavy atom. The highest BCUT2D eigenvalue weighted by atomic mass is 35.5. The molecule has 144 valence electrons. The maximum absolute atomic E-state index is 12.4. The largest absolute Gasteiger partial charge is 0.462 e. The number of anilines is 2. The molecule has 0 aliphatic carbocycles. The van der Waals surface area contributed by atoms with Gasteiger partial charge in [0.25, 0.3) is 0 Å². The number of hydrogen-bond acceptors (Lipinski definition) is 6. The number of ether oxygens (including phenoxy) is 1. The van der Waals surface area contributed by atoms with Gasteiger partial charge in [-0.05, 0) is 57.0 Å². The van der Waals surface area contributed by atoms with Gasteiger partial charge in [-0.3, -0.25) is 9.59 Å². The van der Waals surface area contributed by atoms with Gasteiger partial charge in [-0.2, -0.15) is 0 Å². The van der Waals surface area contributed by atoms with Crippen LogP contribution in [-0.2, 0) is 9.53 Å². The summed E-state index contributed by atoms with van der Waals surface area (Å²) in [5, 5.41) is 6.67. The monoisotopic (exact) mass is 408 g/mol. The van der Waals surface area contributed by atoms with E-state index in [1.54, 1.807) is 32.0 Å². The normalized spacial score (nSPS) is 10.4. The number of benzene rings is 1. The Labute approximate surface area is 166 Å². The Hall–Kier alpha value is -2.38. The standard InChI is InChI=1S/C19H21ClN2O4S/c1-5-26-19(25)16-11(3)17(12(4)23)27-18(16)22-15(24)9-21-14-7-6-13(20)8-10(14)2/h6-8,21H,5,9H2,1-4H3,(H,22,24). The van der Waals surface area contributed by atoms with Crippen molar-refractivity contribution in [3.63, 3.8) is 0 Å². The average molecular weight is 409 g/mol. The number of amides is 1. The molecule has 1 heterocycles. The number of halogens is 1. The van der Waals surface area contributed by atoms with Crippen molar-refractivity contribution in [2.24, 2.45) is 0 Å². The van der Waals surface area contributed by atoms with E-state index < -0.39 is 5.97 Å². The molecular formula is C19H21ClN2O4S. The second-order valence-corrected chi connectivity index (χ2v) is 7.35. The number of Topliss-reactive ketones (excluding diaryl/α,β-unsaturated/α-hetero) is 1. The SMILES string of the molecule is CCOC(=O)c1c(NC(=O)CNc2ccc(Cl)cc2C)sc(C(C)=O)c1C. The zero-order valence-electron chi connectivity index (χ0n) is 15.6. The number of nitrogens with one attached hydrogen (secondary N) is 2. The van der Waals surface area contributed by atoms with E-state index in [1.807, 2.05) is 6.92 Å². The van der Waals surface area contributed by atoms with E-state index in [2.05, 4.69) is 10.6 Å². The van der Waals surface area contributed by atoms with Crippen LogP contribution in [0.25, 0.3) is 0 Å². The lowest BCUT2D eigenvalue weighted by Crippen LogP contribution is -2.22. The van der Waals surface area contributed by atoms with Crippen molar-refractivity contribution in [1.29, 1.82) is 0 Å². The molecule has 6 nitrogen and oxygen atoms in total. The number of ketones is 1. The van der Waals surface area contributed by atoms with Gasteiger partial charge in [-0.15, -0.1) is 11.3 Å². The second kappa shape index (κ2) is 9.01. The highest BCUT2D eigenvalue weighted by molar-refractivity contribution is 7.18. The average Bonchev–Trinajstić information content (AvgIpc) is 2.90. The molecule has 2 N–H and O–H groups in total. The lowest BCUT2D eigenvalue weighted by molar-refractivity contribution is -0.114. The summed E-state index contributed by atoms with van der Waals surface area (Å²) >= 11 is 7.00. The van der Waals surface area contributed by atoms with E-state index in [9.17, 15) is 14.4 Å². The minimum absolute atomic E-state index is 0.00289. The predicted octanol–water partition coefficient (Wildman–Crippen LogP) is 4.45. The molecule has 0 fully saturated rings. The van der Waals surface area contributed by atoms with E-state index >= 15 is 0 Å². The molecule has 27 heavy (non-hydrogen) atoms. The smallest absolute Gasteiger partial charge is 0.341 e. The number of hydrogen-bond donors (Lipinski definition) is 2. The molecule has 0 atom stereocenters. The summed E-state index contributed by atoms with van der Waals surface area (Å²) < 4.78 is 5.06. The van der Waals surface area contributed by atoms with Crippen LogP contribution in [0.2, 0.25) is 5.02 Å². The number of aryl methyl sites for hydroxylation is 1. The molecule has 0 bridgehead atoms. The summed E-state index contributed by atoms with van der Waals surface area (Å²) in [5.41, 5.74) is 2.44. The fourth-order valence-corrected chi connectivity index (χ4v) is 3.89. The molecule has 0 saturated carbocycles. The van der Waals surface area contributed by atoms with E-state index in [0.717, 1.165) is 22.6 Å². The Morgan fingerprint density at radius 3 is 2.52 bits per heavy atom. The van der Waals surface area contributed by atoms with Crippen LogP contribution < -0.4 is 10.6 Å². The molecule has 0 unspecified atom stereocenters. The number of thiophene rings is 1. The summed E-state index contributed by atoms with van der Waals surface area (Å²) in [5.74, 6) is -1.07. The number of esters is 1. The number of carbonyl (C=O) groups excluding carboxylic acids is 3. The van der Waals surface area contributed by atoms with Crippen LogP contribution in [0.1, 0.15) is 45.0 Å². The summed E-state index contributed by atoms with van der Waals surface area (Å²) in [4.78, 5) is 36.8. The third kappa shape index (κ3) is 5.08. The second-order valence-electron chi connectivity index (χ2n) is 5.90. The van der Waals surface area contributed by atoms with Gasteiger partial charge < -0.3 is 15.4 Å². The van der Waals surface area contributed by atoms with Crippen LogP contribution in [0, 0.1) is 13.8 Å². The van der Waals surface area contributed by atoms with Crippen molar-refractivity contribution in [1.82, 2.24) is 0 Å². The Bertz CT molecular complexity index is 892. The molecule has 0 aliphatic rings. The maximum atomic E-state index is 12.4. The lowest BCUT2D eigenvalue weighted by atomic mass is 10.1. The first-order chi connectivity index (χ1) is 12.7. The first-order valence-corrected chi connectivity index (χ1v) is 9.55. The minimum atomic E-state index is -0.560. The molecule has 8 heteroatoms. The van der Waals surface area contributed by atoms with Crippen molar-refractivity contribution in [2.45, 2.75) is 27.7 Å². The first-order valence-electron chi connectivity index (χ1n) is 8.35. The third-order valence-electron chi connectivity index (χ3n) is 3.83. The quantitative estimate of drug-likeness (QED) is 0.522. The molecule has 1 amide bonds. The molecule has 0 aliphatic heterocycles. The van der Waals surface area contributed by atoms with Gasteiger partial charge in [-0.1, -0.05) is 11.6 Å². The van der Waals surface area contributed by atoms with Crippen LogP contribution in [0.4, 0.5) is 10.7 Å². The molecule has 0 saturated heterocycles. The van der Waals surface area contributed by atoms with E-state index in [4.69, 9.17) is 16.3 Å². The zero-order valence-corrected chi connectivity index (χ0v) is 17.1. The van der Waals surface area contributed by atoms with Crippen LogP contribution in [0.5, 0.6) is 0 Å². The van der Waals surface area contributed by atoms with Gasteiger partial charge in [0.05, 0.1) is 23.6 Å².